The first kappa shape index (κ1) is 21.1. The van der Waals surface area contributed by atoms with E-state index in [9.17, 15) is 9.59 Å². The van der Waals surface area contributed by atoms with Crippen molar-refractivity contribution in [2.75, 3.05) is 33.3 Å². The fourth-order valence-electron chi connectivity index (χ4n) is 2.78. The lowest BCUT2D eigenvalue weighted by Gasteiger charge is -2.15. The number of ether oxygens (including phenoxy) is 4. The molecule has 150 valence electrons. The van der Waals surface area contributed by atoms with Crippen molar-refractivity contribution < 1.29 is 28.5 Å². The predicted molar refractivity (Wildman–Crippen MR) is 106 cm³/mol. The Hall–Kier alpha value is -3.22. The van der Waals surface area contributed by atoms with Crippen LogP contribution in [0, 0.1) is 6.92 Å². The number of para-hydroxylation sites is 1. The highest BCUT2D eigenvalue weighted by molar-refractivity contribution is 5.98. The monoisotopic (exact) mass is 387 g/mol. The van der Waals surface area contributed by atoms with E-state index < -0.39 is 18.5 Å². The fraction of sp³-hybridized carbons (Fsp3) is 0.333. The number of anilines is 1. The van der Waals surface area contributed by atoms with Crippen molar-refractivity contribution >= 4 is 17.6 Å². The number of hydrogen-bond donors (Lipinski definition) is 1. The Morgan fingerprint density at radius 2 is 1.61 bits per heavy atom. The molecule has 0 aromatic heterocycles. The molecule has 0 saturated heterocycles. The van der Waals surface area contributed by atoms with Gasteiger partial charge >= 0.3 is 5.97 Å². The van der Waals surface area contributed by atoms with Gasteiger partial charge in [0.2, 0.25) is 0 Å². The molecule has 0 heterocycles. The molecule has 0 spiro atoms. The van der Waals surface area contributed by atoms with Crippen LogP contribution in [-0.2, 0) is 16.0 Å². The molecule has 1 amide bonds. The highest BCUT2D eigenvalue weighted by Gasteiger charge is 2.20. The van der Waals surface area contributed by atoms with Gasteiger partial charge in [0.05, 0.1) is 21.3 Å². The van der Waals surface area contributed by atoms with Crippen LogP contribution in [0.4, 0.5) is 5.69 Å². The van der Waals surface area contributed by atoms with E-state index in [-0.39, 0.29) is 11.3 Å². The van der Waals surface area contributed by atoms with Gasteiger partial charge in [0.15, 0.2) is 18.1 Å². The molecule has 0 radical (unpaired) electrons. The number of rotatable bonds is 8. The van der Waals surface area contributed by atoms with Gasteiger partial charge in [0.25, 0.3) is 5.91 Å². The van der Waals surface area contributed by atoms with Crippen molar-refractivity contribution in [3.8, 4) is 17.2 Å². The number of esters is 1. The van der Waals surface area contributed by atoms with Crippen LogP contribution in [-0.4, -0.2) is 39.8 Å². The Kier molecular flexibility index (Phi) is 7.26. The largest absolute Gasteiger partial charge is 0.496 e. The summed E-state index contributed by atoms with van der Waals surface area (Å²) in [5.74, 6) is -0.0898. The Morgan fingerprint density at radius 1 is 0.964 bits per heavy atom. The molecule has 0 aliphatic carbocycles. The lowest BCUT2D eigenvalue weighted by Crippen LogP contribution is -2.22. The number of amides is 1. The minimum Gasteiger partial charge on any atom is -0.496 e. The Morgan fingerprint density at radius 3 is 2.21 bits per heavy atom. The molecule has 2 aromatic carbocycles. The second-order valence-corrected chi connectivity index (χ2v) is 5.99. The molecule has 0 aliphatic rings. The van der Waals surface area contributed by atoms with Gasteiger partial charge in [-0.15, -0.1) is 0 Å². The van der Waals surface area contributed by atoms with E-state index in [1.165, 1.54) is 33.5 Å². The normalized spacial score (nSPS) is 10.2. The average Bonchev–Trinajstić information content (AvgIpc) is 2.72. The zero-order valence-corrected chi connectivity index (χ0v) is 16.8. The van der Waals surface area contributed by atoms with Crippen LogP contribution in [0.5, 0.6) is 17.2 Å². The van der Waals surface area contributed by atoms with Crippen LogP contribution in [0.3, 0.4) is 0 Å². The zero-order valence-electron chi connectivity index (χ0n) is 16.8. The molecular formula is C21H25NO6. The first-order chi connectivity index (χ1) is 13.4. The van der Waals surface area contributed by atoms with Gasteiger partial charge in [0.1, 0.15) is 11.3 Å². The van der Waals surface area contributed by atoms with Crippen LogP contribution < -0.4 is 19.5 Å². The summed E-state index contributed by atoms with van der Waals surface area (Å²) in [7, 11) is 4.37. The molecule has 0 bridgehead atoms. The molecule has 0 unspecified atom stereocenters. The Bertz CT molecular complexity index is 862. The van der Waals surface area contributed by atoms with E-state index in [2.05, 4.69) is 5.32 Å². The molecule has 2 rings (SSSR count). The number of nitrogens with one attached hydrogen (secondary N) is 1. The SMILES string of the molecule is CCc1cccc(C)c1NC(=O)COC(=O)c1cc(OC)c(OC)cc1OC. The van der Waals surface area contributed by atoms with Crippen molar-refractivity contribution in [2.24, 2.45) is 0 Å². The highest BCUT2D eigenvalue weighted by atomic mass is 16.5. The van der Waals surface area contributed by atoms with Gasteiger partial charge in [-0.25, -0.2) is 4.79 Å². The van der Waals surface area contributed by atoms with Gasteiger partial charge in [-0.05, 0) is 24.5 Å². The lowest BCUT2D eigenvalue weighted by atomic mass is 10.1. The maximum Gasteiger partial charge on any atom is 0.342 e. The number of benzene rings is 2. The summed E-state index contributed by atoms with van der Waals surface area (Å²) in [4.78, 5) is 24.7. The van der Waals surface area contributed by atoms with Gasteiger partial charge in [-0.2, -0.15) is 0 Å². The molecule has 0 fully saturated rings. The van der Waals surface area contributed by atoms with Crippen LogP contribution in [0.15, 0.2) is 30.3 Å². The van der Waals surface area contributed by atoms with E-state index in [1.807, 2.05) is 32.0 Å². The maximum atomic E-state index is 12.5. The summed E-state index contributed by atoms with van der Waals surface area (Å²) in [5, 5.41) is 2.81. The van der Waals surface area contributed by atoms with Gasteiger partial charge in [-0.1, -0.05) is 25.1 Å². The van der Waals surface area contributed by atoms with E-state index in [0.29, 0.717) is 11.5 Å². The minimum atomic E-state index is -0.701. The molecule has 7 nitrogen and oxygen atoms in total. The number of carbonyl (C=O) groups excluding carboxylic acids is 2. The Labute approximate surface area is 164 Å². The first-order valence-electron chi connectivity index (χ1n) is 8.80. The van der Waals surface area contributed by atoms with Crippen molar-refractivity contribution in [3.63, 3.8) is 0 Å². The van der Waals surface area contributed by atoms with Gasteiger partial charge in [-0.3, -0.25) is 4.79 Å². The first-order valence-corrected chi connectivity index (χ1v) is 8.80. The lowest BCUT2D eigenvalue weighted by molar-refractivity contribution is -0.119. The molecule has 0 saturated carbocycles. The standard InChI is InChI=1S/C21H25NO6/c1-6-14-9-7-8-13(2)20(14)22-19(23)12-28-21(24)15-10-17(26-4)18(27-5)11-16(15)25-3/h7-11H,6,12H2,1-5H3,(H,22,23). The molecule has 7 heteroatoms. The maximum absolute atomic E-state index is 12.5. The molecular weight excluding hydrogens is 362 g/mol. The van der Waals surface area contributed by atoms with Crippen molar-refractivity contribution in [1.29, 1.82) is 0 Å². The highest BCUT2D eigenvalue weighted by Crippen LogP contribution is 2.34. The van der Waals surface area contributed by atoms with E-state index in [0.717, 1.165) is 23.2 Å². The van der Waals surface area contributed by atoms with Gasteiger partial charge in [0, 0.05) is 17.8 Å². The zero-order chi connectivity index (χ0) is 20.7. The summed E-state index contributed by atoms with van der Waals surface area (Å²) >= 11 is 0. The molecule has 1 N–H and O–H groups in total. The third kappa shape index (κ3) is 4.73. The van der Waals surface area contributed by atoms with Crippen LogP contribution in [0.1, 0.15) is 28.4 Å². The van der Waals surface area contributed by atoms with Crippen LogP contribution in [0.25, 0.3) is 0 Å². The Balaban J connectivity index is 2.11. The summed E-state index contributed by atoms with van der Waals surface area (Å²) < 4.78 is 20.8. The van der Waals surface area contributed by atoms with E-state index in [4.69, 9.17) is 18.9 Å². The van der Waals surface area contributed by atoms with Crippen molar-refractivity contribution in [1.82, 2.24) is 0 Å². The topological polar surface area (TPSA) is 83.1 Å². The van der Waals surface area contributed by atoms with E-state index in [1.54, 1.807) is 0 Å². The third-order valence-corrected chi connectivity index (χ3v) is 4.26. The predicted octanol–water partition coefficient (Wildman–Crippen LogP) is 3.38. The second kappa shape index (κ2) is 9.64. The second-order valence-electron chi connectivity index (χ2n) is 5.99. The summed E-state index contributed by atoms with van der Waals surface area (Å²) in [6, 6.07) is 8.77. The number of hydrogen-bond acceptors (Lipinski definition) is 6. The summed E-state index contributed by atoms with van der Waals surface area (Å²) in [6.45, 7) is 3.50. The van der Waals surface area contributed by atoms with E-state index >= 15 is 0 Å². The number of aryl methyl sites for hydroxylation is 2. The third-order valence-electron chi connectivity index (χ3n) is 4.26. The molecule has 28 heavy (non-hydrogen) atoms. The summed E-state index contributed by atoms with van der Waals surface area (Å²) in [5.41, 5.74) is 2.84. The van der Waals surface area contributed by atoms with Crippen molar-refractivity contribution in [3.05, 3.63) is 47.0 Å². The average molecular weight is 387 g/mol. The van der Waals surface area contributed by atoms with Crippen molar-refractivity contribution in [2.45, 2.75) is 20.3 Å². The van der Waals surface area contributed by atoms with Crippen LogP contribution in [0.2, 0.25) is 0 Å². The molecule has 0 atom stereocenters. The van der Waals surface area contributed by atoms with Gasteiger partial charge < -0.3 is 24.3 Å². The van der Waals surface area contributed by atoms with Crippen LogP contribution >= 0.6 is 0 Å². The fourth-order valence-corrected chi connectivity index (χ4v) is 2.78. The smallest absolute Gasteiger partial charge is 0.342 e. The number of methoxy groups -OCH3 is 3. The molecule has 0 aliphatic heterocycles. The quantitative estimate of drug-likeness (QED) is 0.699. The summed E-state index contributed by atoms with van der Waals surface area (Å²) in [6.07, 6.45) is 0.778. The number of carbonyl (C=O) groups is 2. The minimum absolute atomic E-state index is 0.137. The molecule has 2 aromatic rings.